The van der Waals surface area contributed by atoms with Gasteiger partial charge in [-0.1, -0.05) is 88.4 Å². The van der Waals surface area contributed by atoms with Crippen molar-refractivity contribution in [2.24, 2.45) is 11.8 Å². The number of ether oxygens (including phenoxy) is 2. The first-order valence-electron chi connectivity index (χ1n) is 19.5. The zero-order valence-corrected chi connectivity index (χ0v) is 32.9. The topological polar surface area (TPSA) is 54.1 Å². The van der Waals surface area contributed by atoms with Crippen molar-refractivity contribution in [1.82, 2.24) is 19.6 Å². The molecule has 10 heteroatoms. The fourth-order valence-electron chi connectivity index (χ4n) is 7.65. The van der Waals surface area contributed by atoms with E-state index in [9.17, 15) is 8.78 Å². The van der Waals surface area contributed by atoms with Crippen molar-refractivity contribution < 1.29 is 18.3 Å². The average molecular weight is 758 g/mol. The van der Waals surface area contributed by atoms with E-state index in [1.165, 1.54) is 76.3 Å². The number of hydrogen-bond acceptors (Lipinski definition) is 4. The Morgan fingerprint density at radius 2 is 1.02 bits per heavy atom. The van der Waals surface area contributed by atoms with Gasteiger partial charge in [0.2, 0.25) is 11.8 Å². The van der Waals surface area contributed by atoms with Crippen LogP contribution >= 0.6 is 23.2 Å². The third-order valence-corrected chi connectivity index (χ3v) is 11.2. The van der Waals surface area contributed by atoms with Gasteiger partial charge in [0.1, 0.15) is 24.8 Å². The summed E-state index contributed by atoms with van der Waals surface area (Å²) in [7, 11) is 0. The molecule has 0 aliphatic heterocycles. The summed E-state index contributed by atoms with van der Waals surface area (Å²) < 4.78 is 44.0. The van der Waals surface area contributed by atoms with Gasteiger partial charge in [-0.05, 0) is 101 Å². The van der Waals surface area contributed by atoms with E-state index < -0.39 is 0 Å². The molecule has 52 heavy (non-hydrogen) atoms. The van der Waals surface area contributed by atoms with E-state index in [-0.39, 0.29) is 24.8 Å². The third kappa shape index (κ3) is 11.0. The van der Waals surface area contributed by atoms with Crippen LogP contribution in [0.4, 0.5) is 8.78 Å². The van der Waals surface area contributed by atoms with E-state index in [0.717, 1.165) is 48.8 Å². The fourth-order valence-corrected chi connectivity index (χ4v) is 8.04. The van der Waals surface area contributed by atoms with E-state index >= 15 is 0 Å². The Balaban J connectivity index is 0.000000201. The number of rotatable bonds is 14. The lowest BCUT2D eigenvalue weighted by molar-refractivity contribution is 0.208. The second-order valence-corrected chi connectivity index (χ2v) is 15.5. The van der Waals surface area contributed by atoms with Gasteiger partial charge < -0.3 is 9.47 Å². The Morgan fingerprint density at radius 3 is 1.38 bits per heavy atom. The maximum atomic E-state index is 14.0. The highest BCUT2D eigenvalue weighted by Gasteiger charge is 2.26. The van der Waals surface area contributed by atoms with E-state index in [1.807, 2.05) is 21.5 Å². The first-order valence-corrected chi connectivity index (χ1v) is 20.2. The number of nitrogens with zero attached hydrogens (tertiary/aromatic N) is 4. The Bertz CT molecular complexity index is 1570. The Kier molecular flexibility index (Phi) is 15.3. The summed E-state index contributed by atoms with van der Waals surface area (Å²) in [6.45, 7) is 9.05. The first kappa shape index (κ1) is 40.1. The normalized spacial score (nSPS) is 16.6. The van der Waals surface area contributed by atoms with Crippen LogP contribution in [0.5, 0.6) is 11.8 Å². The van der Waals surface area contributed by atoms with Gasteiger partial charge in [-0.2, -0.15) is 10.2 Å². The summed E-state index contributed by atoms with van der Waals surface area (Å²) in [6.07, 6.45) is 16.7. The molecule has 2 aromatic heterocycles. The van der Waals surface area contributed by atoms with Gasteiger partial charge >= 0.3 is 0 Å². The molecular formula is C42H56Cl2F2N4O2. The summed E-state index contributed by atoms with van der Waals surface area (Å²) in [5.41, 5.74) is 3.01. The summed E-state index contributed by atoms with van der Waals surface area (Å²) in [4.78, 5) is 0. The largest absolute Gasteiger partial charge is 0.473 e. The lowest BCUT2D eigenvalue weighted by atomic mass is 9.85. The van der Waals surface area contributed by atoms with Crippen LogP contribution in [0.3, 0.4) is 0 Å². The number of aromatic nitrogens is 4. The van der Waals surface area contributed by atoms with Gasteiger partial charge in [0.15, 0.2) is 0 Å². The fraction of sp³-hybridized carbons (Fsp3) is 0.571. The molecule has 2 unspecified atom stereocenters. The van der Waals surface area contributed by atoms with Crippen LogP contribution in [0.2, 0.25) is 10.0 Å². The van der Waals surface area contributed by atoms with Gasteiger partial charge in [-0.25, -0.2) is 18.1 Å². The third-order valence-electron chi connectivity index (χ3n) is 10.7. The maximum Gasteiger partial charge on any atom is 0.212 e. The molecule has 2 aliphatic carbocycles. The van der Waals surface area contributed by atoms with Gasteiger partial charge in [-0.3, -0.25) is 0 Å². The number of benzene rings is 2. The van der Waals surface area contributed by atoms with E-state index in [1.54, 1.807) is 24.3 Å². The molecule has 284 valence electrons. The maximum absolute atomic E-state index is 14.0. The molecule has 0 spiro atoms. The van der Waals surface area contributed by atoms with Gasteiger partial charge in [-0.15, -0.1) is 0 Å². The molecule has 0 amide bonds. The molecule has 6 nitrogen and oxygen atoms in total. The minimum Gasteiger partial charge on any atom is -0.473 e. The van der Waals surface area contributed by atoms with Crippen molar-refractivity contribution in [1.29, 1.82) is 0 Å². The summed E-state index contributed by atoms with van der Waals surface area (Å²) in [5, 5.41) is 10.6. The monoisotopic (exact) mass is 756 g/mol. The van der Waals surface area contributed by atoms with Crippen molar-refractivity contribution in [2.45, 2.75) is 143 Å². The molecule has 4 aromatic rings. The molecule has 2 fully saturated rings. The van der Waals surface area contributed by atoms with Crippen molar-refractivity contribution in [3.8, 4) is 11.8 Å². The molecular weight excluding hydrogens is 701 g/mol. The first-order chi connectivity index (χ1) is 25.2. The number of aryl methyl sites for hydroxylation is 2. The van der Waals surface area contributed by atoms with Crippen molar-refractivity contribution in [2.75, 3.05) is 0 Å². The second-order valence-electron chi connectivity index (χ2n) is 14.7. The molecule has 2 atom stereocenters. The quantitative estimate of drug-likeness (QED) is 0.129. The number of hydrogen-bond donors (Lipinski definition) is 0. The SMILES string of the molecule is CCCc1cc(OCc2cc(Cl)ccc2F)n(C(C)C2CCCCC2)n1.CCCc1cc(OCc2cc(Cl)ccc2F)n(C(C)C2CCCCC2)n1. The second kappa shape index (κ2) is 19.8. The molecule has 0 bridgehead atoms. The van der Waals surface area contributed by atoms with Crippen LogP contribution in [-0.4, -0.2) is 19.6 Å². The van der Waals surface area contributed by atoms with Crippen LogP contribution in [0.25, 0.3) is 0 Å². The Morgan fingerprint density at radius 1 is 0.635 bits per heavy atom. The van der Waals surface area contributed by atoms with Gasteiger partial charge in [0, 0.05) is 33.3 Å². The molecule has 2 aliphatic rings. The smallest absolute Gasteiger partial charge is 0.212 e. The zero-order valence-electron chi connectivity index (χ0n) is 31.4. The molecule has 6 rings (SSSR count). The van der Waals surface area contributed by atoms with Crippen molar-refractivity contribution in [3.63, 3.8) is 0 Å². The van der Waals surface area contributed by atoms with Gasteiger partial charge in [0.05, 0.1) is 23.5 Å². The molecule has 0 N–H and O–H groups in total. The molecule has 2 saturated carbocycles. The minimum absolute atomic E-state index is 0.154. The van der Waals surface area contributed by atoms with Crippen molar-refractivity contribution >= 4 is 23.2 Å². The summed E-state index contributed by atoms with van der Waals surface area (Å²) in [5.74, 6) is 2.12. The standard InChI is InChI=1S/2C21H28ClFN2O/c2*1-3-7-19-13-21(26-14-17-12-18(22)10-11-20(17)23)25(24-19)15(2)16-8-5-4-6-9-16/h2*10-13,15-16H,3-9,14H2,1-2H3. The van der Waals surface area contributed by atoms with Crippen LogP contribution in [0.1, 0.15) is 139 Å². The number of halogens is 4. The minimum atomic E-state index is -0.297. The Labute approximate surface area is 319 Å². The van der Waals surface area contributed by atoms with E-state index in [0.29, 0.717) is 45.1 Å². The van der Waals surface area contributed by atoms with Crippen LogP contribution in [0, 0.1) is 23.5 Å². The average Bonchev–Trinajstić information content (AvgIpc) is 3.76. The molecule has 2 aromatic carbocycles. The van der Waals surface area contributed by atoms with Crippen molar-refractivity contribution in [3.05, 3.63) is 92.7 Å². The van der Waals surface area contributed by atoms with Gasteiger partial charge in [0.25, 0.3) is 0 Å². The predicted octanol–water partition coefficient (Wildman–Crippen LogP) is 12.7. The van der Waals surface area contributed by atoms with Crippen LogP contribution < -0.4 is 9.47 Å². The highest BCUT2D eigenvalue weighted by atomic mass is 35.5. The highest BCUT2D eigenvalue weighted by molar-refractivity contribution is 6.30. The molecule has 0 radical (unpaired) electrons. The zero-order chi connectivity index (χ0) is 37.0. The van der Waals surface area contributed by atoms with E-state index in [2.05, 4.69) is 27.7 Å². The lowest BCUT2D eigenvalue weighted by Gasteiger charge is -2.28. The van der Waals surface area contributed by atoms with Crippen LogP contribution in [0.15, 0.2) is 48.5 Å². The van der Waals surface area contributed by atoms with E-state index in [4.69, 9.17) is 42.9 Å². The Hall–Kier alpha value is -3.10. The lowest BCUT2D eigenvalue weighted by Crippen LogP contribution is -2.21. The molecule has 2 heterocycles. The summed E-state index contributed by atoms with van der Waals surface area (Å²) >= 11 is 12.0. The molecule has 0 saturated heterocycles. The predicted molar refractivity (Wildman–Crippen MR) is 206 cm³/mol. The summed E-state index contributed by atoms with van der Waals surface area (Å²) in [6, 6.07) is 13.7. The highest BCUT2D eigenvalue weighted by Crippen LogP contribution is 2.36. The van der Waals surface area contributed by atoms with Crippen LogP contribution in [-0.2, 0) is 26.1 Å².